The zero-order valence-corrected chi connectivity index (χ0v) is 13.4. The monoisotopic (exact) mass is 303 g/mol. The van der Waals surface area contributed by atoms with Crippen LogP contribution in [-0.4, -0.2) is 13.7 Å². The van der Waals surface area contributed by atoms with Crippen molar-refractivity contribution in [2.24, 2.45) is 0 Å². The summed E-state index contributed by atoms with van der Waals surface area (Å²) in [5, 5.41) is 4.42. The molecule has 3 heteroatoms. The van der Waals surface area contributed by atoms with E-state index < -0.39 is 0 Å². The Hall–Kier alpha value is -1.51. The maximum absolute atomic E-state index is 6.28. The van der Waals surface area contributed by atoms with Crippen molar-refractivity contribution in [3.63, 3.8) is 0 Å². The minimum atomic E-state index is 0.296. The lowest BCUT2D eigenvalue weighted by Gasteiger charge is -2.18. The number of halogens is 1. The molecule has 0 bridgehead atoms. The molecule has 1 N–H and O–H groups in total. The highest BCUT2D eigenvalue weighted by atomic mass is 35.5. The number of rotatable bonds is 7. The molecule has 0 amide bonds. The maximum atomic E-state index is 6.28. The minimum absolute atomic E-state index is 0.296. The van der Waals surface area contributed by atoms with E-state index in [-0.39, 0.29) is 0 Å². The Morgan fingerprint density at radius 2 is 1.95 bits per heavy atom. The molecule has 0 aromatic heterocycles. The zero-order chi connectivity index (χ0) is 15.1. The molecule has 0 saturated heterocycles. The van der Waals surface area contributed by atoms with Gasteiger partial charge in [0.2, 0.25) is 0 Å². The summed E-state index contributed by atoms with van der Waals surface area (Å²) in [6.45, 7) is 3.09. The van der Waals surface area contributed by atoms with Crippen molar-refractivity contribution in [2.75, 3.05) is 13.7 Å². The first kappa shape index (κ1) is 15.9. The molecule has 112 valence electrons. The summed E-state index contributed by atoms with van der Waals surface area (Å²) in [5.41, 5.74) is 2.45. The van der Waals surface area contributed by atoms with Crippen molar-refractivity contribution in [3.8, 4) is 5.75 Å². The van der Waals surface area contributed by atoms with Crippen LogP contribution >= 0.6 is 11.6 Å². The van der Waals surface area contributed by atoms with Crippen LogP contribution in [-0.2, 0) is 6.42 Å². The third kappa shape index (κ3) is 4.48. The van der Waals surface area contributed by atoms with Crippen LogP contribution in [0, 0.1) is 0 Å². The van der Waals surface area contributed by atoms with Crippen LogP contribution in [0.2, 0.25) is 5.02 Å². The van der Waals surface area contributed by atoms with Gasteiger partial charge in [-0.1, -0.05) is 48.9 Å². The molecular weight excluding hydrogens is 282 g/mol. The molecule has 0 aliphatic heterocycles. The predicted molar refractivity (Wildman–Crippen MR) is 89.2 cm³/mol. The van der Waals surface area contributed by atoms with E-state index in [9.17, 15) is 0 Å². The number of hydrogen-bond donors (Lipinski definition) is 1. The summed E-state index contributed by atoms with van der Waals surface area (Å²) >= 11 is 6.28. The van der Waals surface area contributed by atoms with Crippen LogP contribution in [0.15, 0.2) is 48.5 Å². The van der Waals surface area contributed by atoms with E-state index in [4.69, 9.17) is 16.3 Å². The lowest BCUT2D eigenvalue weighted by molar-refractivity contribution is 0.414. The van der Waals surface area contributed by atoms with Crippen molar-refractivity contribution < 1.29 is 4.74 Å². The summed E-state index contributed by atoms with van der Waals surface area (Å²) in [6, 6.07) is 16.5. The summed E-state index contributed by atoms with van der Waals surface area (Å²) < 4.78 is 5.25. The first-order chi connectivity index (χ1) is 10.2. The second-order valence-electron chi connectivity index (χ2n) is 5.04. The highest BCUT2D eigenvalue weighted by Gasteiger charge is 2.11. The first-order valence-electron chi connectivity index (χ1n) is 7.35. The van der Waals surface area contributed by atoms with Gasteiger partial charge in [-0.05, 0) is 48.7 Å². The van der Waals surface area contributed by atoms with Crippen LogP contribution in [0.3, 0.4) is 0 Å². The third-order valence-corrected chi connectivity index (χ3v) is 3.97. The number of methoxy groups -OCH3 is 1. The molecule has 0 radical (unpaired) electrons. The second-order valence-corrected chi connectivity index (χ2v) is 5.45. The highest BCUT2D eigenvalue weighted by molar-refractivity contribution is 6.31. The van der Waals surface area contributed by atoms with Gasteiger partial charge in [0.25, 0.3) is 0 Å². The Bertz CT molecular complexity index is 571. The smallest absolute Gasteiger partial charge is 0.119 e. The zero-order valence-electron chi connectivity index (χ0n) is 12.6. The summed E-state index contributed by atoms with van der Waals surface area (Å²) in [7, 11) is 1.70. The van der Waals surface area contributed by atoms with E-state index >= 15 is 0 Å². The molecular formula is C18H22ClNO. The number of nitrogens with one attached hydrogen (secondary N) is 1. The molecule has 0 spiro atoms. The maximum Gasteiger partial charge on any atom is 0.119 e. The summed E-state index contributed by atoms with van der Waals surface area (Å²) in [4.78, 5) is 0. The average molecular weight is 304 g/mol. The van der Waals surface area contributed by atoms with Gasteiger partial charge in [0.1, 0.15) is 5.75 Å². The summed E-state index contributed by atoms with van der Waals surface area (Å²) in [5.74, 6) is 0.908. The molecule has 2 aromatic rings. The predicted octanol–water partition coefficient (Wildman–Crippen LogP) is 4.63. The molecule has 2 rings (SSSR count). The van der Waals surface area contributed by atoms with Gasteiger partial charge in [-0.2, -0.15) is 0 Å². The van der Waals surface area contributed by atoms with Gasteiger partial charge in [-0.3, -0.25) is 0 Å². The Kier molecular flexibility index (Phi) is 6.09. The van der Waals surface area contributed by atoms with Crippen molar-refractivity contribution in [3.05, 3.63) is 64.7 Å². The van der Waals surface area contributed by atoms with E-state index in [0.717, 1.165) is 30.2 Å². The minimum Gasteiger partial charge on any atom is -0.497 e. The molecule has 21 heavy (non-hydrogen) atoms. The van der Waals surface area contributed by atoms with Gasteiger partial charge in [0.05, 0.1) is 7.11 Å². The van der Waals surface area contributed by atoms with E-state index in [0.29, 0.717) is 6.04 Å². The fraction of sp³-hybridized carbons (Fsp3) is 0.333. The molecule has 0 aliphatic carbocycles. The molecule has 2 aromatic carbocycles. The molecule has 1 atom stereocenters. The highest BCUT2D eigenvalue weighted by Crippen LogP contribution is 2.24. The second kappa shape index (κ2) is 8.06. The van der Waals surface area contributed by atoms with Crippen molar-refractivity contribution >= 4 is 11.6 Å². The SMILES string of the molecule is CC[C@@H](NCCc1cccc(OC)c1)c1ccccc1Cl. The van der Waals surface area contributed by atoms with Crippen LogP contribution < -0.4 is 10.1 Å². The van der Waals surface area contributed by atoms with Gasteiger partial charge < -0.3 is 10.1 Å². The third-order valence-electron chi connectivity index (χ3n) is 3.63. The van der Waals surface area contributed by atoms with Crippen molar-refractivity contribution in [1.29, 1.82) is 0 Å². The Morgan fingerprint density at radius 1 is 1.14 bits per heavy atom. The largest absolute Gasteiger partial charge is 0.497 e. The molecule has 0 heterocycles. The lowest BCUT2D eigenvalue weighted by Crippen LogP contribution is -2.23. The molecule has 0 fully saturated rings. The average Bonchev–Trinajstić information content (AvgIpc) is 2.53. The number of hydrogen-bond acceptors (Lipinski definition) is 2. The van der Waals surface area contributed by atoms with Gasteiger partial charge in [-0.25, -0.2) is 0 Å². The van der Waals surface area contributed by atoms with E-state index in [1.807, 2.05) is 30.3 Å². The normalized spacial score (nSPS) is 12.1. The van der Waals surface area contributed by atoms with E-state index in [1.54, 1.807) is 7.11 Å². The van der Waals surface area contributed by atoms with Crippen molar-refractivity contribution in [1.82, 2.24) is 5.32 Å². The Balaban J connectivity index is 1.93. The molecule has 0 saturated carbocycles. The Labute approximate surface area is 132 Å². The van der Waals surface area contributed by atoms with Gasteiger partial charge >= 0.3 is 0 Å². The van der Waals surface area contributed by atoms with Crippen LogP contribution in [0.25, 0.3) is 0 Å². The van der Waals surface area contributed by atoms with Gasteiger partial charge in [0.15, 0.2) is 0 Å². The van der Waals surface area contributed by atoms with Crippen LogP contribution in [0.4, 0.5) is 0 Å². The van der Waals surface area contributed by atoms with E-state index in [1.165, 1.54) is 11.1 Å². The fourth-order valence-corrected chi connectivity index (χ4v) is 2.72. The van der Waals surface area contributed by atoms with Crippen LogP contribution in [0.5, 0.6) is 5.75 Å². The van der Waals surface area contributed by atoms with Crippen molar-refractivity contribution in [2.45, 2.75) is 25.8 Å². The van der Waals surface area contributed by atoms with Gasteiger partial charge in [0, 0.05) is 11.1 Å². The lowest BCUT2D eigenvalue weighted by atomic mass is 10.0. The quantitative estimate of drug-likeness (QED) is 0.805. The molecule has 2 nitrogen and oxygen atoms in total. The first-order valence-corrected chi connectivity index (χ1v) is 7.73. The van der Waals surface area contributed by atoms with E-state index in [2.05, 4.69) is 30.4 Å². The molecule has 0 aliphatic rings. The number of benzene rings is 2. The topological polar surface area (TPSA) is 21.3 Å². The van der Waals surface area contributed by atoms with Crippen LogP contribution in [0.1, 0.15) is 30.5 Å². The Morgan fingerprint density at radius 3 is 2.67 bits per heavy atom. The standard InChI is InChI=1S/C18H22ClNO/c1-3-18(16-9-4-5-10-17(16)19)20-12-11-14-7-6-8-15(13-14)21-2/h4-10,13,18,20H,3,11-12H2,1-2H3/t18-/m1/s1. The fourth-order valence-electron chi connectivity index (χ4n) is 2.45. The summed E-state index contributed by atoms with van der Waals surface area (Å²) in [6.07, 6.45) is 1.99. The number of ether oxygens (including phenoxy) is 1. The van der Waals surface area contributed by atoms with Gasteiger partial charge in [-0.15, -0.1) is 0 Å². The molecule has 0 unspecified atom stereocenters.